The second-order valence-corrected chi connectivity index (χ2v) is 3.75. The van der Waals surface area contributed by atoms with Gasteiger partial charge in [0.15, 0.2) is 11.5 Å². The molecule has 1 aromatic carbocycles. The molecule has 1 heterocycles. The number of methoxy groups -OCH3 is 2. The SMILES string of the molecule is CNc1ncc(Cc2ccc(OC)c(OC)c2)o1. The van der Waals surface area contributed by atoms with E-state index in [0.717, 1.165) is 17.1 Å². The van der Waals surface area contributed by atoms with Gasteiger partial charge in [-0.2, -0.15) is 0 Å². The number of ether oxygens (including phenoxy) is 2. The van der Waals surface area contributed by atoms with E-state index in [1.54, 1.807) is 27.5 Å². The summed E-state index contributed by atoms with van der Waals surface area (Å²) in [7, 11) is 5.01. The highest BCUT2D eigenvalue weighted by Crippen LogP contribution is 2.28. The van der Waals surface area contributed by atoms with Crippen LogP contribution in [-0.4, -0.2) is 26.3 Å². The molecule has 0 aliphatic carbocycles. The number of oxazole rings is 1. The van der Waals surface area contributed by atoms with Gasteiger partial charge in [0.25, 0.3) is 6.01 Å². The number of benzene rings is 1. The summed E-state index contributed by atoms with van der Waals surface area (Å²) in [4.78, 5) is 4.07. The summed E-state index contributed by atoms with van der Waals surface area (Å²) in [6.07, 6.45) is 2.37. The average Bonchev–Trinajstić information content (AvgIpc) is 2.86. The van der Waals surface area contributed by atoms with Crippen LogP contribution in [0.3, 0.4) is 0 Å². The van der Waals surface area contributed by atoms with Crippen LogP contribution in [0.4, 0.5) is 6.01 Å². The minimum absolute atomic E-state index is 0.519. The van der Waals surface area contributed by atoms with E-state index >= 15 is 0 Å². The van der Waals surface area contributed by atoms with Crippen molar-refractivity contribution < 1.29 is 13.9 Å². The predicted octanol–water partition coefficient (Wildman–Crippen LogP) is 2.32. The molecule has 0 aliphatic rings. The first-order valence-corrected chi connectivity index (χ1v) is 5.60. The van der Waals surface area contributed by atoms with Gasteiger partial charge in [-0.05, 0) is 17.7 Å². The lowest BCUT2D eigenvalue weighted by Crippen LogP contribution is -1.93. The molecule has 1 aromatic heterocycles. The van der Waals surface area contributed by atoms with Crippen molar-refractivity contribution in [3.63, 3.8) is 0 Å². The molecule has 0 saturated carbocycles. The summed E-state index contributed by atoms with van der Waals surface area (Å²) >= 11 is 0. The number of rotatable bonds is 5. The van der Waals surface area contributed by atoms with Crippen LogP contribution in [0.5, 0.6) is 11.5 Å². The van der Waals surface area contributed by atoms with Crippen molar-refractivity contribution in [3.8, 4) is 11.5 Å². The minimum Gasteiger partial charge on any atom is -0.493 e. The van der Waals surface area contributed by atoms with E-state index < -0.39 is 0 Å². The number of hydrogen-bond acceptors (Lipinski definition) is 5. The summed E-state index contributed by atoms with van der Waals surface area (Å²) < 4.78 is 15.9. The van der Waals surface area contributed by atoms with Gasteiger partial charge in [-0.25, -0.2) is 4.98 Å². The lowest BCUT2D eigenvalue weighted by Gasteiger charge is -2.08. The summed E-state index contributed by atoms with van der Waals surface area (Å²) in [5, 5.41) is 2.85. The normalized spacial score (nSPS) is 10.2. The number of aromatic nitrogens is 1. The number of anilines is 1. The van der Waals surface area contributed by atoms with Crippen molar-refractivity contribution in [2.75, 3.05) is 26.6 Å². The maximum atomic E-state index is 5.47. The van der Waals surface area contributed by atoms with Gasteiger partial charge >= 0.3 is 0 Å². The second-order valence-electron chi connectivity index (χ2n) is 3.75. The molecule has 1 N–H and O–H groups in total. The maximum Gasteiger partial charge on any atom is 0.294 e. The summed E-state index contributed by atoms with van der Waals surface area (Å²) in [6.45, 7) is 0. The third kappa shape index (κ3) is 2.56. The molecule has 2 aromatic rings. The molecule has 18 heavy (non-hydrogen) atoms. The Morgan fingerprint density at radius 1 is 1.22 bits per heavy atom. The molecular weight excluding hydrogens is 232 g/mol. The van der Waals surface area contributed by atoms with Crippen molar-refractivity contribution in [2.24, 2.45) is 0 Å². The first-order chi connectivity index (χ1) is 8.76. The standard InChI is InChI=1S/C13H16N2O3/c1-14-13-15-8-10(18-13)6-9-4-5-11(16-2)12(7-9)17-3/h4-5,7-8H,6H2,1-3H3,(H,14,15). The Hall–Kier alpha value is -2.17. The van der Waals surface area contributed by atoms with Gasteiger partial charge in [-0.1, -0.05) is 6.07 Å². The lowest BCUT2D eigenvalue weighted by atomic mass is 10.1. The fourth-order valence-corrected chi connectivity index (χ4v) is 1.70. The zero-order valence-corrected chi connectivity index (χ0v) is 10.7. The second kappa shape index (κ2) is 5.44. The Kier molecular flexibility index (Phi) is 3.72. The van der Waals surface area contributed by atoms with Gasteiger partial charge in [-0.3, -0.25) is 0 Å². The van der Waals surface area contributed by atoms with E-state index in [0.29, 0.717) is 18.2 Å². The Morgan fingerprint density at radius 2 is 2.00 bits per heavy atom. The van der Waals surface area contributed by atoms with Gasteiger partial charge in [0.2, 0.25) is 0 Å². The molecule has 0 spiro atoms. The molecule has 0 unspecified atom stereocenters. The Morgan fingerprint density at radius 3 is 2.61 bits per heavy atom. The van der Waals surface area contributed by atoms with Crippen LogP contribution in [0.2, 0.25) is 0 Å². The molecule has 5 heteroatoms. The van der Waals surface area contributed by atoms with E-state index in [1.165, 1.54) is 0 Å². The van der Waals surface area contributed by atoms with Gasteiger partial charge < -0.3 is 19.2 Å². The van der Waals surface area contributed by atoms with Crippen molar-refractivity contribution in [1.29, 1.82) is 0 Å². The van der Waals surface area contributed by atoms with E-state index in [2.05, 4.69) is 10.3 Å². The first kappa shape index (κ1) is 12.3. The molecule has 0 atom stereocenters. The Balaban J connectivity index is 2.18. The fraction of sp³-hybridized carbons (Fsp3) is 0.308. The summed E-state index contributed by atoms with van der Waals surface area (Å²) in [5.74, 6) is 2.23. The fourth-order valence-electron chi connectivity index (χ4n) is 1.70. The highest BCUT2D eigenvalue weighted by Gasteiger charge is 2.07. The molecule has 0 bridgehead atoms. The predicted molar refractivity (Wildman–Crippen MR) is 68.4 cm³/mol. The van der Waals surface area contributed by atoms with Crippen molar-refractivity contribution in [1.82, 2.24) is 4.98 Å². The van der Waals surface area contributed by atoms with Crippen LogP contribution in [0.15, 0.2) is 28.8 Å². The van der Waals surface area contributed by atoms with Crippen molar-refractivity contribution >= 4 is 6.01 Å². The van der Waals surface area contributed by atoms with Crippen molar-refractivity contribution in [3.05, 3.63) is 35.7 Å². The largest absolute Gasteiger partial charge is 0.493 e. The van der Waals surface area contributed by atoms with Crippen LogP contribution in [0.1, 0.15) is 11.3 Å². The zero-order chi connectivity index (χ0) is 13.0. The number of nitrogens with one attached hydrogen (secondary N) is 1. The lowest BCUT2D eigenvalue weighted by molar-refractivity contribution is 0.354. The molecule has 0 fully saturated rings. The van der Waals surface area contributed by atoms with Crippen LogP contribution >= 0.6 is 0 Å². The average molecular weight is 248 g/mol. The molecule has 0 saturated heterocycles. The van der Waals surface area contributed by atoms with Crippen LogP contribution < -0.4 is 14.8 Å². The van der Waals surface area contributed by atoms with Gasteiger partial charge in [0.05, 0.1) is 20.4 Å². The molecule has 0 radical (unpaired) electrons. The van der Waals surface area contributed by atoms with E-state index in [1.807, 2.05) is 18.2 Å². The van der Waals surface area contributed by atoms with Crippen LogP contribution in [0.25, 0.3) is 0 Å². The molecule has 5 nitrogen and oxygen atoms in total. The van der Waals surface area contributed by atoms with Crippen LogP contribution in [0, 0.1) is 0 Å². The van der Waals surface area contributed by atoms with Gasteiger partial charge in [0, 0.05) is 13.5 Å². The quantitative estimate of drug-likeness (QED) is 0.880. The highest BCUT2D eigenvalue weighted by atomic mass is 16.5. The van der Waals surface area contributed by atoms with Gasteiger partial charge in [-0.15, -0.1) is 0 Å². The smallest absolute Gasteiger partial charge is 0.294 e. The third-order valence-corrected chi connectivity index (χ3v) is 2.59. The Bertz CT molecular complexity index is 523. The molecule has 0 amide bonds. The zero-order valence-electron chi connectivity index (χ0n) is 10.7. The summed E-state index contributed by atoms with van der Waals surface area (Å²) in [5.41, 5.74) is 1.08. The number of hydrogen-bond donors (Lipinski definition) is 1. The third-order valence-electron chi connectivity index (χ3n) is 2.59. The van der Waals surface area contributed by atoms with E-state index in [-0.39, 0.29) is 0 Å². The van der Waals surface area contributed by atoms with Crippen LogP contribution in [-0.2, 0) is 6.42 Å². The molecule has 0 aliphatic heterocycles. The van der Waals surface area contributed by atoms with E-state index in [4.69, 9.17) is 13.9 Å². The van der Waals surface area contributed by atoms with E-state index in [9.17, 15) is 0 Å². The Labute approximate surface area is 106 Å². The number of nitrogens with zero attached hydrogens (tertiary/aromatic N) is 1. The van der Waals surface area contributed by atoms with Crippen molar-refractivity contribution in [2.45, 2.75) is 6.42 Å². The highest BCUT2D eigenvalue weighted by molar-refractivity contribution is 5.43. The summed E-state index contributed by atoms with van der Waals surface area (Å²) in [6, 6.07) is 6.30. The molecular formula is C13H16N2O3. The maximum absolute atomic E-state index is 5.47. The topological polar surface area (TPSA) is 56.5 Å². The molecule has 96 valence electrons. The first-order valence-electron chi connectivity index (χ1n) is 5.60. The minimum atomic E-state index is 0.519. The molecule has 2 rings (SSSR count). The van der Waals surface area contributed by atoms with Gasteiger partial charge in [0.1, 0.15) is 5.76 Å². The monoisotopic (exact) mass is 248 g/mol.